The third-order valence-corrected chi connectivity index (χ3v) is 9.72. The Morgan fingerprint density at radius 2 is 1.16 bits per heavy atom. The van der Waals surface area contributed by atoms with Crippen LogP contribution < -0.4 is 10.6 Å². The van der Waals surface area contributed by atoms with Gasteiger partial charge < -0.3 is 15.4 Å². The highest BCUT2D eigenvalue weighted by Gasteiger charge is 2.55. The summed E-state index contributed by atoms with van der Waals surface area (Å²) in [6.07, 6.45) is 14.0. The molecule has 0 saturated heterocycles. The largest absolute Gasteiger partial charge is 0.454 e. The zero-order valence-electron chi connectivity index (χ0n) is 18.5. The van der Waals surface area contributed by atoms with Crippen LogP contribution in [-0.4, -0.2) is 36.5 Å². The van der Waals surface area contributed by atoms with Crippen molar-refractivity contribution in [1.82, 2.24) is 10.6 Å². The Balaban J connectivity index is 0.965. The van der Waals surface area contributed by atoms with Crippen molar-refractivity contribution in [2.45, 2.75) is 82.6 Å². The number of carbonyl (C=O) groups is 3. The van der Waals surface area contributed by atoms with E-state index in [0.29, 0.717) is 17.8 Å². The van der Waals surface area contributed by atoms with Crippen molar-refractivity contribution in [3.63, 3.8) is 0 Å². The molecule has 8 aliphatic carbocycles. The van der Waals surface area contributed by atoms with E-state index in [9.17, 15) is 14.4 Å². The van der Waals surface area contributed by atoms with E-state index in [4.69, 9.17) is 4.74 Å². The Kier molecular flexibility index (Phi) is 4.66. The summed E-state index contributed by atoms with van der Waals surface area (Å²) in [6, 6.07) is 0. The number of nitrogens with one attached hydrogen (secondary N) is 2. The molecular weight excluding hydrogens is 392 g/mol. The number of ether oxygens (including phenoxy) is 1. The van der Waals surface area contributed by atoms with Crippen molar-refractivity contribution in [3.8, 4) is 0 Å². The molecule has 8 rings (SSSR count). The third-order valence-electron chi connectivity index (χ3n) is 9.72. The third kappa shape index (κ3) is 3.68. The maximum atomic E-state index is 13.0. The van der Waals surface area contributed by atoms with Crippen LogP contribution in [0, 0.1) is 40.9 Å². The molecule has 0 aromatic rings. The molecule has 2 amide bonds. The van der Waals surface area contributed by atoms with Crippen LogP contribution in [0.2, 0.25) is 0 Å². The molecule has 0 aliphatic heterocycles. The van der Waals surface area contributed by atoms with Gasteiger partial charge in [-0.05, 0) is 113 Å². The zero-order valence-corrected chi connectivity index (χ0v) is 18.5. The lowest BCUT2D eigenvalue weighted by atomic mass is 9.49. The number of hydrogen-bond donors (Lipinski definition) is 2. The Bertz CT molecular complexity index is 720. The lowest BCUT2D eigenvalue weighted by Gasteiger charge is -2.56. The van der Waals surface area contributed by atoms with Crippen LogP contribution in [0.15, 0.2) is 0 Å². The second-order valence-electron chi connectivity index (χ2n) is 12.3. The molecular formula is C25H36N2O4. The lowest BCUT2D eigenvalue weighted by Crippen LogP contribution is -2.60. The second-order valence-corrected chi connectivity index (χ2v) is 12.3. The minimum atomic E-state index is -0.515. The molecule has 8 aliphatic rings. The fraction of sp³-hybridized carbons (Fsp3) is 0.880. The van der Waals surface area contributed by atoms with E-state index in [2.05, 4.69) is 10.6 Å². The smallest absolute Gasteiger partial charge is 0.325 e. The first-order valence-corrected chi connectivity index (χ1v) is 12.6. The van der Waals surface area contributed by atoms with Crippen molar-refractivity contribution in [1.29, 1.82) is 0 Å². The monoisotopic (exact) mass is 428 g/mol. The molecule has 31 heavy (non-hydrogen) atoms. The summed E-state index contributed by atoms with van der Waals surface area (Å²) in [4.78, 5) is 37.7. The van der Waals surface area contributed by atoms with Crippen LogP contribution in [0.4, 0.5) is 0 Å². The number of rotatable bonds is 6. The van der Waals surface area contributed by atoms with Crippen molar-refractivity contribution < 1.29 is 19.1 Å². The number of esters is 1. The number of hydrogen-bond acceptors (Lipinski definition) is 4. The Morgan fingerprint density at radius 3 is 1.65 bits per heavy atom. The van der Waals surface area contributed by atoms with Gasteiger partial charge in [-0.15, -0.1) is 0 Å². The van der Waals surface area contributed by atoms with Gasteiger partial charge in [0.25, 0.3) is 5.91 Å². The van der Waals surface area contributed by atoms with Crippen LogP contribution in [0.1, 0.15) is 77.0 Å². The van der Waals surface area contributed by atoms with E-state index in [1.165, 1.54) is 38.5 Å². The molecule has 0 aromatic carbocycles. The van der Waals surface area contributed by atoms with E-state index < -0.39 is 5.97 Å². The van der Waals surface area contributed by atoms with Crippen LogP contribution in [-0.2, 0) is 19.1 Å². The lowest BCUT2D eigenvalue weighted by molar-refractivity contribution is -0.153. The molecule has 8 bridgehead atoms. The Morgan fingerprint density at radius 1 is 0.710 bits per heavy atom. The van der Waals surface area contributed by atoms with Crippen molar-refractivity contribution in [2.24, 2.45) is 40.9 Å². The van der Waals surface area contributed by atoms with Gasteiger partial charge in [0, 0.05) is 11.0 Å². The summed E-state index contributed by atoms with van der Waals surface area (Å²) < 4.78 is 5.22. The number of carbonyl (C=O) groups excluding carboxylic acids is 3. The van der Waals surface area contributed by atoms with Gasteiger partial charge in [-0.25, -0.2) is 0 Å². The molecule has 6 nitrogen and oxygen atoms in total. The summed E-state index contributed by atoms with van der Waals surface area (Å²) >= 11 is 0. The average molecular weight is 429 g/mol. The first kappa shape index (κ1) is 20.0. The molecule has 170 valence electrons. The predicted molar refractivity (Wildman–Crippen MR) is 114 cm³/mol. The molecule has 6 heteroatoms. The van der Waals surface area contributed by atoms with Gasteiger partial charge in [0.1, 0.15) is 6.54 Å². The summed E-state index contributed by atoms with van der Waals surface area (Å²) in [6.45, 7) is -0.376. The van der Waals surface area contributed by atoms with Crippen molar-refractivity contribution in [3.05, 3.63) is 0 Å². The fourth-order valence-corrected chi connectivity index (χ4v) is 9.52. The minimum Gasteiger partial charge on any atom is -0.454 e. The number of amides is 2. The second kappa shape index (κ2) is 7.21. The molecule has 8 fully saturated rings. The Hall–Kier alpha value is -1.59. The summed E-state index contributed by atoms with van der Waals surface area (Å²) in [5, 5.41) is 6.07. The molecule has 2 N–H and O–H groups in total. The van der Waals surface area contributed by atoms with Gasteiger partial charge in [0.15, 0.2) is 6.61 Å². The van der Waals surface area contributed by atoms with Crippen molar-refractivity contribution in [2.75, 3.05) is 13.2 Å². The van der Waals surface area contributed by atoms with Crippen LogP contribution >= 0.6 is 0 Å². The Labute approximate surface area is 184 Å². The summed E-state index contributed by atoms with van der Waals surface area (Å²) in [7, 11) is 0. The SMILES string of the molecule is O=C(COC(=O)CNC(=O)C12CC3CC(CC(C3)C1)C2)NC12CC3CC(CC(C3)C1)C2. The van der Waals surface area contributed by atoms with Gasteiger partial charge in [-0.1, -0.05) is 0 Å². The maximum Gasteiger partial charge on any atom is 0.325 e. The molecule has 0 radical (unpaired) electrons. The highest BCUT2D eigenvalue weighted by molar-refractivity contribution is 5.87. The zero-order chi connectivity index (χ0) is 21.2. The van der Waals surface area contributed by atoms with Gasteiger partial charge >= 0.3 is 5.97 Å². The van der Waals surface area contributed by atoms with Gasteiger partial charge in [0.05, 0.1) is 0 Å². The standard InChI is InChI=1S/C25H36N2O4/c28-21(27-25-10-18-4-19(11-25)6-20(5-18)12-25)14-31-22(29)13-26-23(30)24-7-15-1-16(8-24)3-17(2-15)9-24/h15-20H,1-14H2,(H,26,30)(H,27,28). The first-order valence-electron chi connectivity index (χ1n) is 12.6. The maximum absolute atomic E-state index is 13.0. The van der Waals surface area contributed by atoms with E-state index >= 15 is 0 Å². The average Bonchev–Trinajstić information content (AvgIpc) is 2.68. The predicted octanol–water partition coefficient (Wildman–Crippen LogP) is 2.95. The fourth-order valence-electron chi connectivity index (χ4n) is 9.52. The van der Waals surface area contributed by atoms with Crippen LogP contribution in [0.3, 0.4) is 0 Å². The topological polar surface area (TPSA) is 84.5 Å². The quantitative estimate of drug-likeness (QED) is 0.637. The van der Waals surface area contributed by atoms with Crippen molar-refractivity contribution >= 4 is 17.8 Å². The van der Waals surface area contributed by atoms with Gasteiger partial charge in [0.2, 0.25) is 5.91 Å². The normalized spacial score (nSPS) is 46.1. The summed E-state index contributed by atoms with van der Waals surface area (Å²) in [5.74, 6) is 3.67. The molecule has 0 unspecified atom stereocenters. The van der Waals surface area contributed by atoms with Gasteiger partial charge in [-0.2, -0.15) is 0 Å². The minimum absolute atomic E-state index is 0.0292. The molecule has 8 saturated carbocycles. The van der Waals surface area contributed by atoms with Crippen LogP contribution in [0.5, 0.6) is 0 Å². The van der Waals surface area contributed by atoms with Gasteiger partial charge in [-0.3, -0.25) is 14.4 Å². The molecule has 0 heterocycles. The van der Waals surface area contributed by atoms with E-state index in [0.717, 1.165) is 56.3 Å². The van der Waals surface area contributed by atoms with E-state index in [1.807, 2.05) is 0 Å². The highest BCUT2D eigenvalue weighted by atomic mass is 16.5. The molecule has 0 spiro atoms. The molecule has 0 atom stereocenters. The highest BCUT2D eigenvalue weighted by Crippen LogP contribution is 2.60. The molecule has 0 aromatic heterocycles. The first-order chi connectivity index (χ1) is 14.9. The van der Waals surface area contributed by atoms with Crippen LogP contribution in [0.25, 0.3) is 0 Å². The summed E-state index contributed by atoms with van der Waals surface area (Å²) in [5.41, 5.74) is -0.324. The van der Waals surface area contributed by atoms with E-state index in [1.54, 1.807) is 0 Å². The van der Waals surface area contributed by atoms with E-state index in [-0.39, 0.29) is 35.9 Å².